The van der Waals surface area contributed by atoms with Crippen molar-refractivity contribution >= 4 is 17.0 Å². The van der Waals surface area contributed by atoms with Crippen molar-refractivity contribution in [3.8, 4) is 0 Å². The molecule has 1 aromatic carbocycles. The van der Waals surface area contributed by atoms with Crippen molar-refractivity contribution in [2.24, 2.45) is 0 Å². The number of benzene rings is 1. The molecule has 0 N–H and O–H groups in total. The fourth-order valence-corrected chi connectivity index (χ4v) is 2.75. The number of fused-ring (bicyclic) bond motifs is 1. The molecule has 1 amide bonds. The Hall–Kier alpha value is -1.88. The number of carbonyl (C=O) groups is 1. The highest BCUT2D eigenvalue weighted by molar-refractivity contribution is 5.81. The van der Waals surface area contributed by atoms with E-state index in [0.717, 1.165) is 30.5 Å². The lowest BCUT2D eigenvalue weighted by Gasteiger charge is -2.24. The average molecular weight is 273 g/mol. The molecule has 5 heteroatoms. The van der Waals surface area contributed by atoms with Gasteiger partial charge >= 0.3 is 0 Å². The highest BCUT2D eigenvalue weighted by Crippen LogP contribution is 2.23. The van der Waals surface area contributed by atoms with Crippen LogP contribution in [0.5, 0.6) is 0 Å². The minimum Gasteiger partial charge on any atom is -0.439 e. The molecule has 0 radical (unpaired) electrons. The van der Waals surface area contributed by atoms with Gasteiger partial charge in [-0.2, -0.15) is 0 Å². The van der Waals surface area contributed by atoms with E-state index >= 15 is 0 Å². The van der Waals surface area contributed by atoms with Crippen LogP contribution in [0.25, 0.3) is 11.1 Å². The summed E-state index contributed by atoms with van der Waals surface area (Å²) < 4.78 is 5.74. The first-order valence-corrected chi connectivity index (χ1v) is 6.95. The van der Waals surface area contributed by atoms with Gasteiger partial charge in [-0.3, -0.25) is 9.69 Å². The minimum atomic E-state index is -0.0417. The van der Waals surface area contributed by atoms with Crippen LogP contribution in [0.3, 0.4) is 0 Å². The molecular weight excluding hydrogens is 254 g/mol. The fourth-order valence-electron chi connectivity index (χ4n) is 2.75. The van der Waals surface area contributed by atoms with E-state index in [4.69, 9.17) is 4.42 Å². The third-order valence-electron chi connectivity index (χ3n) is 3.77. The van der Waals surface area contributed by atoms with E-state index < -0.39 is 0 Å². The van der Waals surface area contributed by atoms with Gasteiger partial charge in [-0.05, 0) is 31.5 Å². The number of hydrogen-bond acceptors (Lipinski definition) is 4. The molecule has 1 aliphatic rings. The molecule has 2 aromatic rings. The van der Waals surface area contributed by atoms with Crippen molar-refractivity contribution in [3.63, 3.8) is 0 Å². The molecule has 5 nitrogen and oxygen atoms in total. The lowest BCUT2D eigenvalue weighted by molar-refractivity contribution is -0.133. The van der Waals surface area contributed by atoms with Crippen LogP contribution >= 0.6 is 0 Å². The number of oxazole rings is 1. The number of likely N-dealkylation sites (N-methyl/N-ethyl adjacent to an activating group) is 1. The number of aromatic nitrogens is 1. The van der Waals surface area contributed by atoms with E-state index in [-0.39, 0.29) is 11.9 Å². The number of carbonyl (C=O) groups excluding carboxylic acids is 1. The number of amides is 1. The Bertz CT molecular complexity index is 587. The normalized spacial score (nSPS) is 19.6. The summed E-state index contributed by atoms with van der Waals surface area (Å²) in [6, 6.07) is 7.70. The third-order valence-corrected chi connectivity index (χ3v) is 3.77. The van der Waals surface area contributed by atoms with Gasteiger partial charge < -0.3 is 9.32 Å². The van der Waals surface area contributed by atoms with E-state index in [2.05, 4.69) is 9.88 Å². The van der Waals surface area contributed by atoms with Crippen molar-refractivity contribution in [1.82, 2.24) is 14.8 Å². The van der Waals surface area contributed by atoms with Gasteiger partial charge in [-0.25, -0.2) is 4.98 Å². The van der Waals surface area contributed by atoms with E-state index in [9.17, 15) is 4.79 Å². The molecule has 1 aromatic heterocycles. The smallest absolute Gasteiger partial charge is 0.239 e. The van der Waals surface area contributed by atoms with Crippen LogP contribution in [0.2, 0.25) is 0 Å². The lowest BCUT2D eigenvalue weighted by atomic mass is 10.2. The zero-order valence-electron chi connectivity index (χ0n) is 11.9. The Kier molecular flexibility index (Phi) is 3.44. The van der Waals surface area contributed by atoms with Crippen LogP contribution < -0.4 is 0 Å². The van der Waals surface area contributed by atoms with Gasteiger partial charge in [0.2, 0.25) is 11.8 Å². The van der Waals surface area contributed by atoms with Gasteiger partial charge in [0.05, 0.1) is 12.6 Å². The lowest BCUT2D eigenvalue weighted by Crippen LogP contribution is -2.42. The zero-order valence-corrected chi connectivity index (χ0v) is 11.9. The zero-order chi connectivity index (χ0) is 14.1. The second-order valence-corrected chi connectivity index (χ2v) is 5.44. The molecule has 0 spiro atoms. The first kappa shape index (κ1) is 13.1. The van der Waals surface area contributed by atoms with Gasteiger partial charge in [0.1, 0.15) is 5.52 Å². The van der Waals surface area contributed by atoms with Gasteiger partial charge in [0, 0.05) is 14.1 Å². The number of rotatable bonds is 3. The molecule has 2 heterocycles. The quantitative estimate of drug-likeness (QED) is 0.856. The Labute approximate surface area is 118 Å². The first-order chi connectivity index (χ1) is 9.65. The van der Waals surface area contributed by atoms with Gasteiger partial charge in [0.15, 0.2) is 5.58 Å². The largest absolute Gasteiger partial charge is 0.439 e. The van der Waals surface area contributed by atoms with Crippen LogP contribution in [-0.2, 0) is 11.3 Å². The van der Waals surface area contributed by atoms with Gasteiger partial charge in [-0.1, -0.05) is 12.1 Å². The molecule has 106 valence electrons. The molecule has 1 fully saturated rings. The second kappa shape index (κ2) is 5.25. The van der Waals surface area contributed by atoms with E-state index in [1.54, 1.807) is 19.0 Å². The topological polar surface area (TPSA) is 49.6 Å². The maximum Gasteiger partial charge on any atom is 0.239 e. The van der Waals surface area contributed by atoms with Gasteiger partial charge in [0.25, 0.3) is 0 Å². The Morgan fingerprint density at radius 2 is 2.25 bits per heavy atom. The summed E-state index contributed by atoms with van der Waals surface area (Å²) in [5, 5.41) is 0. The molecule has 1 aliphatic heterocycles. The molecule has 0 aliphatic carbocycles. The predicted molar refractivity (Wildman–Crippen MR) is 76.1 cm³/mol. The van der Waals surface area contributed by atoms with Crippen molar-refractivity contribution < 1.29 is 9.21 Å². The summed E-state index contributed by atoms with van der Waals surface area (Å²) in [6.07, 6.45) is 1.96. The van der Waals surface area contributed by atoms with Crippen LogP contribution in [0.4, 0.5) is 0 Å². The summed E-state index contributed by atoms with van der Waals surface area (Å²) in [5.74, 6) is 0.850. The Morgan fingerprint density at radius 3 is 3.00 bits per heavy atom. The van der Waals surface area contributed by atoms with Crippen molar-refractivity contribution in [1.29, 1.82) is 0 Å². The molecular formula is C15H19N3O2. The summed E-state index contributed by atoms with van der Waals surface area (Å²) in [7, 11) is 3.61. The summed E-state index contributed by atoms with van der Waals surface area (Å²) in [6.45, 7) is 1.52. The molecule has 1 saturated heterocycles. The second-order valence-electron chi connectivity index (χ2n) is 5.44. The monoisotopic (exact) mass is 273 g/mol. The van der Waals surface area contributed by atoms with Crippen LogP contribution in [0.1, 0.15) is 18.7 Å². The SMILES string of the molecule is CN(C)C(=O)C1CCCN1Cc1nc2ccccc2o1. The summed E-state index contributed by atoms with van der Waals surface area (Å²) in [5.41, 5.74) is 1.68. The van der Waals surface area contributed by atoms with Crippen LogP contribution in [0.15, 0.2) is 28.7 Å². The van der Waals surface area contributed by atoms with Gasteiger partial charge in [-0.15, -0.1) is 0 Å². The highest BCUT2D eigenvalue weighted by atomic mass is 16.3. The number of likely N-dealkylation sites (tertiary alicyclic amines) is 1. The maximum atomic E-state index is 12.2. The van der Waals surface area contributed by atoms with E-state index in [0.29, 0.717) is 12.4 Å². The number of nitrogens with zero attached hydrogens (tertiary/aromatic N) is 3. The molecule has 0 bridgehead atoms. The molecule has 3 rings (SSSR count). The fraction of sp³-hybridized carbons (Fsp3) is 0.467. The summed E-state index contributed by atoms with van der Waals surface area (Å²) >= 11 is 0. The minimum absolute atomic E-state index is 0.0417. The third kappa shape index (κ3) is 2.41. The highest BCUT2D eigenvalue weighted by Gasteiger charge is 2.32. The van der Waals surface area contributed by atoms with Crippen LogP contribution in [0, 0.1) is 0 Å². The van der Waals surface area contributed by atoms with E-state index in [1.807, 2.05) is 24.3 Å². The number of para-hydroxylation sites is 2. The maximum absolute atomic E-state index is 12.2. The van der Waals surface area contributed by atoms with E-state index in [1.165, 1.54) is 0 Å². The standard InChI is InChI=1S/C15H19N3O2/c1-17(2)15(19)12-7-5-9-18(12)10-14-16-11-6-3-4-8-13(11)20-14/h3-4,6,8,12H,5,7,9-10H2,1-2H3. The molecule has 1 unspecified atom stereocenters. The Morgan fingerprint density at radius 1 is 1.45 bits per heavy atom. The number of hydrogen-bond donors (Lipinski definition) is 0. The molecule has 1 atom stereocenters. The summed E-state index contributed by atoms with van der Waals surface area (Å²) in [4.78, 5) is 20.5. The molecule has 20 heavy (non-hydrogen) atoms. The van der Waals surface area contributed by atoms with Crippen LogP contribution in [-0.4, -0.2) is 47.4 Å². The Balaban J connectivity index is 1.77. The van der Waals surface area contributed by atoms with Crippen molar-refractivity contribution in [3.05, 3.63) is 30.2 Å². The predicted octanol–water partition coefficient (Wildman–Crippen LogP) is 1.88. The molecule has 0 saturated carbocycles. The van der Waals surface area contributed by atoms with Crippen molar-refractivity contribution in [2.45, 2.75) is 25.4 Å². The average Bonchev–Trinajstić information content (AvgIpc) is 3.03. The van der Waals surface area contributed by atoms with Crippen molar-refractivity contribution in [2.75, 3.05) is 20.6 Å². The first-order valence-electron chi connectivity index (χ1n) is 6.95.